The summed E-state index contributed by atoms with van der Waals surface area (Å²) in [4.78, 5) is 0. The van der Waals surface area contributed by atoms with Crippen LogP contribution in [0.2, 0.25) is 0 Å². The zero-order chi connectivity index (χ0) is 17.2. The summed E-state index contributed by atoms with van der Waals surface area (Å²) < 4.78 is 17.8. The van der Waals surface area contributed by atoms with Gasteiger partial charge in [-0.1, -0.05) is 37.3 Å². The van der Waals surface area contributed by atoms with Crippen LogP contribution in [0.15, 0.2) is 46.9 Å². The normalized spacial score (nSPS) is 10.6. The first-order valence-corrected chi connectivity index (χ1v) is 8.85. The van der Waals surface area contributed by atoms with Gasteiger partial charge >= 0.3 is 0 Å². The number of methoxy groups -OCH3 is 1. The summed E-state index contributed by atoms with van der Waals surface area (Å²) in [5.41, 5.74) is 2.30. The van der Waals surface area contributed by atoms with Gasteiger partial charge in [0.25, 0.3) is 0 Å². The minimum absolute atomic E-state index is 0.467. The second kappa shape index (κ2) is 10.3. The van der Waals surface area contributed by atoms with Gasteiger partial charge in [-0.2, -0.15) is 0 Å². The highest BCUT2D eigenvalue weighted by Crippen LogP contribution is 2.36. The van der Waals surface area contributed by atoms with E-state index in [1.165, 1.54) is 0 Å². The van der Waals surface area contributed by atoms with E-state index < -0.39 is 0 Å². The molecule has 0 unspecified atom stereocenters. The third kappa shape index (κ3) is 5.82. The van der Waals surface area contributed by atoms with Crippen molar-refractivity contribution in [1.82, 2.24) is 5.32 Å². The predicted molar refractivity (Wildman–Crippen MR) is 99.7 cm³/mol. The summed E-state index contributed by atoms with van der Waals surface area (Å²) in [6, 6.07) is 14.1. The van der Waals surface area contributed by atoms with Crippen LogP contribution in [0.3, 0.4) is 0 Å². The molecular weight excluding hydrogens is 370 g/mol. The van der Waals surface area contributed by atoms with Crippen LogP contribution in [0.25, 0.3) is 0 Å². The van der Waals surface area contributed by atoms with Crippen LogP contribution in [0, 0.1) is 0 Å². The lowest BCUT2D eigenvalue weighted by atomic mass is 10.2. The first-order chi connectivity index (χ1) is 11.7. The molecule has 0 atom stereocenters. The summed E-state index contributed by atoms with van der Waals surface area (Å²) in [6.07, 6.45) is 0. The lowest BCUT2D eigenvalue weighted by molar-refractivity contribution is 0.0877. The second-order valence-electron chi connectivity index (χ2n) is 5.28. The Labute approximate surface area is 152 Å². The molecule has 24 heavy (non-hydrogen) atoms. The number of hydrogen-bond acceptors (Lipinski definition) is 4. The minimum atomic E-state index is 0.467. The third-order valence-corrected chi connectivity index (χ3v) is 4.04. The van der Waals surface area contributed by atoms with Crippen molar-refractivity contribution < 1.29 is 14.2 Å². The van der Waals surface area contributed by atoms with Gasteiger partial charge in [0.15, 0.2) is 11.5 Å². The fourth-order valence-electron chi connectivity index (χ4n) is 2.25. The molecule has 130 valence electrons. The van der Waals surface area contributed by atoms with Gasteiger partial charge < -0.3 is 19.5 Å². The SMILES string of the molecule is CCNCc1cc(Br)c(OCCOCc2ccccc2)c(OC)c1. The number of nitrogens with one attached hydrogen (secondary N) is 1. The molecule has 0 radical (unpaired) electrons. The molecule has 0 aliphatic heterocycles. The van der Waals surface area contributed by atoms with Crippen LogP contribution in [0.1, 0.15) is 18.1 Å². The summed E-state index contributed by atoms with van der Waals surface area (Å²) in [5.74, 6) is 1.43. The molecule has 0 amide bonds. The Morgan fingerprint density at radius 1 is 1.04 bits per heavy atom. The average molecular weight is 394 g/mol. The smallest absolute Gasteiger partial charge is 0.175 e. The van der Waals surface area contributed by atoms with E-state index in [1.54, 1.807) is 7.11 Å². The van der Waals surface area contributed by atoms with Gasteiger partial charge in [0.2, 0.25) is 0 Å². The molecule has 0 bridgehead atoms. The van der Waals surface area contributed by atoms with Gasteiger partial charge in [-0.15, -0.1) is 0 Å². The van der Waals surface area contributed by atoms with E-state index in [1.807, 2.05) is 42.5 Å². The van der Waals surface area contributed by atoms with Gasteiger partial charge in [0.05, 0.1) is 24.8 Å². The maximum atomic E-state index is 5.84. The van der Waals surface area contributed by atoms with E-state index in [9.17, 15) is 0 Å². The number of benzene rings is 2. The Bertz CT molecular complexity index is 620. The van der Waals surface area contributed by atoms with Crippen molar-refractivity contribution in [3.63, 3.8) is 0 Å². The number of hydrogen-bond donors (Lipinski definition) is 1. The lowest BCUT2D eigenvalue weighted by Gasteiger charge is -2.15. The first kappa shape index (κ1) is 18.8. The largest absolute Gasteiger partial charge is 0.493 e. The summed E-state index contributed by atoms with van der Waals surface area (Å²) in [5, 5.41) is 3.30. The van der Waals surface area contributed by atoms with Crippen molar-refractivity contribution in [1.29, 1.82) is 0 Å². The predicted octanol–water partition coefficient (Wildman–Crippen LogP) is 4.16. The highest BCUT2D eigenvalue weighted by atomic mass is 79.9. The molecule has 0 aliphatic carbocycles. The maximum Gasteiger partial charge on any atom is 0.175 e. The standard InChI is InChI=1S/C19H24BrNO3/c1-3-21-13-16-11-17(20)19(18(12-16)22-2)24-10-9-23-14-15-7-5-4-6-8-15/h4-8,11-12,21H,3,9-10,13-14H2,1-2H3. The summed E-state index contributed by atoms with van der Waals surface area (Å²) in [6.45, 7) is 5.38. The number of rotatable bonds is 10. The van der Waals surface area contributed by atoms with Crippen molar-refractivity contribution in [2.75, 3.05) is 26.9 Å². The average Bonchev–Trinajstić information content (AvgIpc) is 2.61. The topological polar surface area (TPSA) is 39.7 Å². The second-order valence-corrected chi connectivity index (χ2v) is 6.13. The van der Waals surface area contributed by atoms with Crippen molar-refractivity contribution in [2.45, 2.75) is 20.1 Å². The zero-order valence-corrected chi connectivity index (χ0v) is 15.8. The quantitative estimate of drug-likeness (QED) is 0.615. The Balaban J connectivity index is 1.85. The number of ether oxygens (including phenoxy) is 3. The van der Waals surface area contributed by atoms with Crippen LogP contribution in [0.4, 0.5) is 0 Å². The van der Waals surface area contributed by atoms with E-state index in [-0.39, 0.29) is 0 Å². The molecular formula is C19H24BrNO3. The molecule has 0 aliphatic rings. The van der Waals surface area contributed by atoms with Crippen molar-refractivity contribution in [2.24, 2.45) is 0 Å². The fourth-order valence-corrected chi connectivity index (χ4v) is 2.86. The van der Waals surface area contributed by atoms with Gasteiger partial charge in [-0.05, 0) is 45.7 Å². The Morgan fingerprint density at radius 2 is 1.83 bits per heavy atom. The fraction of sp³-hybridized carbons (Fsp3) is 0.368. The van der Waals surface area contributed by atoms with Gasteiger partial charge in [0, 0.05) is 6.54 Å². The summed E-state index contributed by atoms with van der Waals surface area (Å²) in [7, 11) is 1.65. The molecule has 2 aromatic rings. The zero-order valence-electron chi connectivity index (χ0n) is 14.2. The molecule has 0 aromatic heterocycles. The van der Waals surface area contributed by atoms with Crippen LogP contribution in [-0.2, 0) is 17.9 Å². The third-order valence-electron chi connectivity index (χ3n) is 3.45. The van der Waals surface area contributed by atoms with Crippen molar-refractivity contribution in [3.05, 3.63) is 58.1 Å². The Kier molecular flexibility index (Phi) is 8.08. The van der Waals surface area contributed by atoms with E-state index in [0.29, 0.717) is 25.6 Å². The van der Waals surface area contributed by atoms with E-state index >= 15 is 0 Å². The molecule has 2 aromatic carbocycles. The maximum absolute atomic E-state index is 5.84. The van der Waals surface area contributed by atoms with E-state index in [4.69, 9.17) is 14.2 Å². The van der Waals surface area contributed by atoms with Crippen LogP contribution >= 0.6 is 15.9 Å². The van der Waals surface area contributed by atoms with Crippen LogP contribution < -0.4 is 14.8 Å². The Morgan fingerprint density at radius 3 is 2.54 bits per heavy atom. The van der Waals surface area contributed by atoms with Crippen LogP contribution in [0.5, 0.6) is 11.5 Å². The highest BCUT2D eigenvalue weighted by Gasteiger charge is 2.11. The molecule has 0 saturated heterocycles. The number of halogens is 1. The molecule has 0 spiro atoms. The van der Waals surface area contributed by atoms with Crippen molar-refractivity contribution in [3.8, 4) is 11.5 Å². The van der Waals surface area contributed by atoms with Crippen LogP contribution in [-0.4, -0.2) is 26.9 Å². The van der Waals surface area contributed by atoms with E-state index in [2.05, 4.69) is 28.2 Å². The minimum Gasteiger partial charge on any atom is -0.493 e. The molecule has 0 fully saturated rings. The first-order valence-electron chi connectivity index (χ1n) is 8.06. The van der Waals surface area contributed by atoms with E-state index in [0.717, 1.165) is 34.4 Å². The van der Waals surface area contributed by atoms with Gasteiger partial charge in [-0.25, -0.2) is 0 Å². The lowest BCUT2D eigenvalue weighted by Crippen LogP contribution is -2.12. The molecule has 4 nitrogen and oxygen atoms in total. The highest BCUT2D eigenvalue weighted by molar-refractivity contribution is 9.10. The molecule has 5 heteroatoms. The van der Waals surface area contributed by atoms with Crippen molar-refractivity contribution >= 4 is 15.9 Å². The molecule has 0 saturated carbocycles. The molecule has 2 rings (SSSR count). The molecule has 1 N–H and O–H groups in total. The monoisotopic (exact) mass is 393 g/mol. The summed E-state index contributed by atoms with van der Waals surface area (Å²) >= 11 is 3.56. The van der Waals surface area contributed by atoms with Gasteiger partial charge in [0.1, 0.15) is 6.61 Å². The van der Waals surface area contributed by atoms with Gasteiger partial charge in [-0.3, -0.25) is 0 Å². The Hall–Kier alpha value is -1.56. The molecule has 0 heterocycles.